The number of aromatic nitrogens is 2. The first kappa shape index (κ1) is 21.8. The minimum Gasteiger partial charge on any atom is -0.506 e. The fraction of sp³-hybridized carbons (Fsp3) is 0.400. The number of hydrogen-bond acceptors (Lipinski definition) is 7. The van der Waals surface area contributed by atoms with Crippen LogP contribution < -0.4 is 10.9 Å². The van der Waals surface area contributed by atoms with Crippen LogP contribution in [0.1, 0.15) is 48.0 Å². The first-order valence-corrected chi connectivity index (χ1v) is 9.60. The van der Waals surface area contributed by atoms with Gasteiger partial charge in [-0.1, -0.05) is 17.7 Å². The summed E-state index contributed by atoms with van der Waals surface area (Å²) in [7, 11) is 0. The molecular formula is C20H22ClN3O6. The lowest BCUT2D eigenvalue weighted by atomic mass is 10.1. The van der Waals surface area contributed by atoms with E-state index in [9.17, 15) is 19.5 Å². The molecule has 2 N–H and O–H groups in total. The number of amides is 1. The number of pyridine rings is 2. The highest BCUT2D eigenvalue weighted by Gasteiger charge is 2.29. The van der Waals surface area contributed by atoms with E-state index in [1.807, 2.05) is 0 Å². The van der Waals surface area contributed by atoms with Gasteiger partial charge in [-0.05, 0) is 32.4 Å². The SMILES string of the molecule is CC(C)(C)OC(=O)CNC(=O)c1c(O)c2c(n(Cc3ccc(Cl)nc3)c1=O)COC2. The summed E-state index contributed by atoms with van der Waals surface area (Å²) < 4.78 is 11.9. The number of hydrogen-bond donors (Lipinski definition) is 2. The molecule has 10 heteroatoms. The van der Waals surface area contributed by atoms with E-state index >= 15 is 0 Å². The van der Waals surface area contributed by atoms with Crippen molar-refractivity contribution in [3.63, 3.8) is 0 Å². The van der Waals surface area contributed by atoms with Gasteiger partial charge < -0.3 is 24.5 Å². The molecule has 1 amide bonds. The largest absolute Gasteiger partial charge is 0.506 e. The summed E-state index contributed by atoms with van der Waals surface area (Å²) in [5, 5.41) is 13.2. The zero-order chi connectivity index (χ0) is 22.1. The number of carbonyl (C=O) groups excluding carboxylic acids is 2. The maximum Gasteiger partial charge on any atom is 0.325 e. The molecule has 160 valence electrons. The van der Waals surface area contributed by atoms with Gasteiger partial charge in [0.15, 0.2) is 0 Å². The standard InChI is InChI=1S/C20H22ClN3O6/c1-20(2,3)30-15(25)7-23-18(27)16-17(26)12-9-29-10-13(12)24(19(16)28)8-11-4-5-14(21)22-6-11/h4-6,26H,7-10H2,1-3H3,(H,23,27). The second kappa shape index (κ2) is 8.45. The number of nitrogens with one attached hydrogen (secondary N) is 1. The van der Waals surface area contributed by atoms with Gasteiger partial charge in [0.2, 0.25) is 0 Å². The van der Waals surface area contributed by atoms with Crippen molar-refractivity contribution in [1.29, 1.82) is 0 Å². The van der Waals surface area contributed by atoms with Gasteiger partial charge >= 0.3 is 5.97 Å². The van der Waals surface area contributed by atoms with Crippen molar-refractivity contribution in [2.75, 3.05) is 6.54 Å². The number of esters is 1. The molecule has 3 heterocycles. The number of aromatic hydroxyl groups is 1. The van der Waals surface area contributed by atoms with Gasteiger partial charge in [0.05, 0.1) is 25.5 Å². The fourth-order valence-corrected chi connectivity index (χ4v) is 3.16. The van der Waals surface area contributed by atoms with Crippen LogP contribution >= 0.6 is 11.6 Å². The lowest BCUT2D eigenvalue weighted by molar-refractivity contribution is -0.153. The lowest BCUT2D eigenvalue weighted by Crippen LogP contribution is -2.38. The van der Waals surface area contributed by atoms with Crippen molar-refractivity contribution >= 4 is 23.5 Å². The average Bonchev–Trinajstić information content (AvgIpc) is 3.14. The van der Waals surface area contributed by atoms with E-state index in [-0.39, 0.29) is 19.8 Å². The highest BCUT2D eigenvalue weighted by molar-refractivity contribution is 6.29. The Morgan fingerprint density at radius 1 is 1.33 bits per heavy atom. The molecule has 9 nitrogen and oxygen atoms in total. The number of rotatable bonds is 5. The second-order valence-corrected chi connectivity index (χ2v) is 8.18. The van der Waals surface area contributed by atoms with Crippen molar-refractivity contribution in [1.82, 2.24) is 14.9 Å². The van der Waals surface area contributed by atoms with Gasteiger partial charge in [0.25, 0.3) is 11.5 Å². The highest BCUT2D eigenvalue weighted by atomic mass is 35.5. The van der Waals surface area contributed by atoms with Crippen molar-refractivity contribution in [3.8, 4) is 5.75 Å². The van der Waals surface area contributed by atoms with Crippen LogP contribution in [0.25, 0.3) is 0 Å². The van der Waals surface area contributed by atoms with Gasteiger partial charge in [-0.2, -0.15) is 0 Å². The Kier molecular flexibility index (Phi) is 6.14. The number of fused-ring (bicyclic) bond motifs is 1. The smallest absolute Gasteiger partial charge is 0.325 e. The Bertz CT molecular complexity index is 1040. The summed E-state index contributed by atoms with van der Waals surface area (Å²) >= 11 is 5.80. The normalized spacial score (nSPS) is 13.1. The monoisotopic (exact) mass is 435 g/mol. The van der Waals surface area contributed by atoms with E-state index in [1.165, 1.54) is 10.8 Å². The molecule has 0 bridgehead atoms. The molecule has 1 aliphatic heterocycles. The maximum atomic E-state index is 13.1. The third kappa shape index (κ3) is 4.80. The predicted octanol–water partition coefficient (Wildman–Crippen LogP) is 1.75. The number of ether oxygens (including phenoxy) is 2. The summed E-state index contributed by atoms with van der Waals surface area (Å²) in [6.45, 7) is 4.95. The Morgan fingerprint density at radius 2 is 2.07 bits per heavy atom. The van der Waals surface area contributed by atoms with Gasteiger partial charge in [-0.15, -0.1) is 0 Å². The van der Waals surface area contributed by atoms with E-state index in [0.29, 0.717) is 22.0 Å². The topological polar surface area (TPSA) is 120 Å². The molecule has 0 aliphatic carbocycles. The van der Waals surface area contributed by atoms with Crippen LogP contribution in [0.3, 0.4) is 0 Å². The molecule has 0 saturated carbocycles. The van der Waals surface area contributed by atoms with Crippen LogP contribution in [0, 0.1) is 0 Å². The Hall–Kier alpha value is -2.91. The number of nitrogens with zero attached hydrogens (tertiary/aromatic N) is 2. The summed E-state index contributed by atoms with van der Waals surface area (Å²) in [4.78, 5) is 41.6. The van der Waals surface area contributed by atoms with E-state index in [0.717, 1.165) is 0 Å². The molecule has 2 aromatic rings. The molecule has 0 spiro atoms. The first-order valence-electron chi connectivity index (χ1n) is 9.22. The van der Waals surface area contributed by atoms with Crippen molar-refractivity contribution < 1.29 is 24.2 Å². The summed E-state index contributed by atoms with van der Waals surface area (Å²) in [5.74, 6) is -1.98. The van der Waals surface area contributed by atoms with E-state index in [1.54, 1.807) is 32.9 Å². The molecule has 30 heavy (non-hydrogen) atoms. The Labute approximate surface area is 177 Å². The van der Waals surface area contributed by atoms with Crippen LogP contribution in [0.4, 0.5) is 0 Å². The van der Waals surface area contributed by atoms with E-state index in [2.05, 4.69) is 10.3 Å². The van der Waals surface area contributed by atoms with E-state index < -0.39 is 40.9 Å². The van der Waals surface area contributed by atoms with Crippen LogP contribution in [0.2, 0.25) is 5.15 Å². The average molecular weight is 436 g/mol. The molecule has 0 aromatic carbocycles. The van der Waals surface area contributed by atoms with Crippen molar-refractivity contribution in [2.24, 2.45) is 0 Å². The van der Waals surface area contributed by atoms with Gasteiger partial charge in [0.1, 0.15) is 28.6 Å². The quantitative estimate of drug-likeness (QED) is 0.542. The number of halogens is 1. The number of carbonyl (C=O) groups is 2. The summed E-state index contributed by atoms with van der Waals surface area (Å²) in [6, 6.07) is 3.30. The third-order valence-electron chi connectivity index (χ3n) is 4.31. The molecule has 0 saturated heterocycles. The van der Waals surface area contributed by atoms with Crippen LogP contribution in [-0.2, 0) is 34.0 Å². The molecule has 0 unspecified atom stereocenters. The van der Waals surface area contributed by atoms with Crippen molar-refractivity contribution in [3.05, 3.63) is 56.2 Å². The van der Waals surface area contributed by atoms with Crippen LogP contribution in [-0.4, -0.2) is 38.7 Å². The molecular weight excluding hydrogens is 414 g/mol. The van der Waals surface area contributed by atoms with Crippen LogP contribution in [0.5, 0.6) is 5.75 Å². The molecule has 0 atom stereocenters. The predicted molar refractivity (Wildman–Crippen MR) is 107 cm³/mol. The first-order chi connectivity index (χ1) is 14.1. The van der Waals surface area contributed by atoms with E-state index in [4.69, 9.17) is 21.1 Å². The van der Waals surface area contributed by atoms with Crippen LogP contribution in [0.15, 0.2) is 23.1 Å². The molecule has 2 aromatic heterocycles. The maximum absolute atomic E-state index is 13.1. The molecule has 0 radical (unpaired) electrons. The second-order valence-electron chi connectivity index (χ2n) is 7.79. The Balaban J connectivity index is 1.91. The summed E-state index contributed by atoms with van der Waals surface area (Å²) in [6.07, 6.45) is 1.52. The van der Waals surface area contributed by atoms with Gasteiger partial charge in [-0.25, -0.2) is 4.98 Å². The van der Waals surface area contributed by atoms with Crippen molar-refractivity contribution in [2.45, 2.75) is 46.1 Å². The molecule has 3 rings (SSSR count). The fourth-order valence-electron chi connectivity index (χ4n) is 3.05. The minimum atomic E-state index is -0.874. The highest BCUT2D eigenvalue weighted by Crippen LogP contribution is 2.30. The Morgan fingerprint density at radius 3 is 2.70 bits per heavy atom. The van der Waals surface area contributed by atoms with Gasteiger partial charge in [0, 0.05) is 11.8 Å². The zero-order valence-electron chi connectivity index (χ0n) is 16.8. The zero-order valence-corrected chi connectivity index (χ0v) is 17.6. The minimum absolute atomic E-state index is 0.0622. The molecule has 0 fully saturated rings. The van der Waals surface area contributed by atoms with Gasteiger partial charge in [-0.3, -0.25) is 14.4 Å². The third-order valence-corrected chi connectivity index (χ3v) is 4.53. The lowest BCUT2D eigenvalue weighted by Gasteiger charge is -2.19. The summed E-state index contributed by atoms with van der Waals surface area (Å²) in [5.41, 5.74) is -0.344. The molecule has 1 aliphatic rings.